The van der Waals surface area contributed by atoms with Crippen molar-refractivity contribution in [3.63, 3.8) is 0 Å². The second kappa shape index (κ2) is 8.44. The van der Waals surface area contributed by atoms with Crippen molar-refractivity contribution in [3.05, 3.63) is 133 Å². The zero-order valence-electron chi connectivity index (χ0n) is 21.9. The van der Waals surface area contributed by atoms with Crippen LogP contribution in [0.25, 0.3) is 45.0 Å². The van der Waals surface area contributed by atoms with E-state index in [2.05, 4.69) is 128 Å². The molecule has 1 aliphatic rings. The minimum Gasteiger partial charge on any atom is -0.331 e. The predicted molar refractivity (Wildman–Crippen MR) is 165 cm³/mol. The molecule has 7 nitrogen and oxygen atoms in total. The maximum absolute atomic E-state index is 5.30. The Bertz CT molecular complexity index is 2230. The molecule has 0 unspecified atom stereocenters. The molecule has 0 atom stereocenters. The molecule has 0 radical (unpaired) electrons. The van der Waals surface area contributed by atoms with Gasteiger partial charge in [0, 0.05) is 5.69 Å². The van der Waals surface area contributed by atoms with Crippen molar-refractivity contribution < 1.29 is 0 Å². The van der Waals surface area contributed by atoms with Gasteiger partial charge < -0.3 is 9.29 Å². The van der Waals surface area contributed by atoms with Gasteiger partial charge in [-0.3, -0.25) is 0 Å². The minimum absolute atomic E-state index is 0.300. The molecule has 0 saturated heterocycles. The molecule has 0 spiro atoms. The van der Waals surface area contributed by atoms with E-state index in [1.807, 2.05) is 24.3 Å². The second-order valence-electron chi connectivity index (χ2n) is 10.2. The number of imidazole rings is 3. The van der Waals surface area contributed by atoms with Gasteiger partial charge in [-0.15, -0.1) is 0 Å². The molecule has 0 N–H and O–H groups in total. The van der Waals surface area contributed by atoms with Gasteiger partial charge in [-0.05, 0) is 54.0 Å². The Balaban J connectivity index is 1.54. The summed E-state index contributed by atoms with van der Waals surface area (Å²) in [6.07, 6.45) is 0. The van der Waals surface area contributed by atoms with Gasteiger partial charge >= 0.3 is 6.98 Å². The topological polar surface area (TPSA) is 56.7 Å². The van der Waals surface area contributed by atoms with Crippen LogP contribution in [0, 0.1) is 0 Å². The summed E-state index contributed by atoms with van der Waals surface area (Å²) in [4.78, 5) is 18.1. The van der Waals surface area contributed by atoms with E-state index in [4.69, 9.17) is 15.0 Å². The molecule has 4 heterocycles. The van der Waals surface area contributed by atoms with Gasteiger partial charge in [0.05, 0.1) is 33.1 Å². The maximum Gasteiger partial charge on any atom is 0.425 e. The molecule has 5 aromatic carbocycles. The van der Waals surface area contributed by atoms with Gasteiger partial charge in [0.25, 0.3) is 0 Å². The zero-order valence-corrected chi connectivity index (χ0v) is 21.9. The lowest BCUT2D eigenvalue weighted by molar-refractivity contribution is 0.853. The molecule has 192 valence electrons. The van der Waals surface area contributed by atoms with Crippen LogP contribution in [0.3, 0.4) is 0 Å². The van der Waals surface area contributed by atoms with Gasteiger partial charge in [0.1, 0.15) is 0 Å². The lowest BCUT2D eigenvalue weighted by Gasteiger charge is -2.34. The molecule has 0 amide bonds. The average molecular weight is 527 g/mol. The molecular weight excluding hydrogens is 505 g/mol. The van der Waals surface area contributed by atoms with Crippen LogP contribution in [0.15, 0.2) is 133 Å². The number of benzene rings is 5. The summed E-state index contributed by atoms with van der Waals surface area (Å²) in [7, 11) is 0. The third-order valence-electron chi connectivity index (χ3n) is 7.90. The number of nitrogens with zero attached hydrogens (tertiary/aromatic N) is 7. The smallest absolute Gasteiger partial charge is 0.331 e. The van der Waals surface area contributed by atoms with Crippen LogP contribution in [-0.2, 0) is 0 Å². The summed E-state index contributed by atoms with van der Waals surface area (Å²) < 4.78 is 6.70. The summed E-state index contributed by atoms with van der Waals surface area (Å²) in [6, 6.07) is 46.0. The monoisotopic (exact) mass is 527 g/mol. The van der Waals surface area contributed by atoms with Crippen molar-refractivity contribution in [1.29, 1.82) is 0 Å². The Morgan fingerprint density at radius 2 is 0.878 bits per heavy atom. The molecular formula is C33H22BN7. The van der Waals surface area contributed by atoms with Crippen molar-refractivity contribution in [2.75, 3.05) is 4.81 Å². The predicted octanol–water partition coefficient (Wildman–Crippen LogP) is 6.11. The van der Waals surface area contributed by atoms with Crippen LogP contribution < -0.4 is 10.3 Å². The highest BCUT2D eigenvalue weighted by atomic mass is 15.4. The Hall–Kier alpha value is -5.63. The quantitative estimate of drug-likeness (QED) is 0.255. The first-order chi connectivity index (χ1) is 20.4. The normalized spacial score (nSPS) is 12.8. The van der Waals surface area contributed by atoms with Crippen molar-refractivity contribution in [2.45, 2.75) is 0 Å². The van der Waals surface area contributed by atoms with E-state index in [0.717, 1.165) is 62.1 Å². The Labute approximate surface area is 235 Å². The van der Waals surface area contributed by atoms with Gasteiger partial charge in [0.2, 0.25) is 17.8 Å². The Morgan fingerprint density at radius 1 is 0.415 bits per heavy atom. The molecule has 8 aromatic rings. The molecule has 0 fully saturated rings. The highest BCUT2D eigenvalue weighted by Crippen LogP contribution is 2.38. The first kappa shape index (κ1) is 22.2. The SMILES string of the molecule is c1ccc(B2N(c3ccccc3)c3nc4ccccc4n3-c3nc4ccccc4n3-c3nc4ccccc4n32)cc1. The molecule has 3 aromatic heterocycles. The van der Waals surface area contributed by atoms with Gasteiger partial charge in [0.15, 0.2) is 0 Å². The van der Waals surface area contributed by atoms with Crippen molar-refractivity contribution in [1.82, 2.24) is 28.6 Å². The van der Waals surface area contributed by atoms with Crippen molar-refractivity contribution in [2.24, 2.45) is 0 Å². The number of para-hydroxylation sites is 7. The highest BCUT2D eigenvalue weighted by molar-refractivity contribution is 6.77. The summed E-state index contributed by atoms with van der Waals surface area (Å²) in [6.45, 7) is -0.300. The zero-order chi connectivity index (χ0) is 26.9. The highest BCUT2D eigenvalue weighted by Gasteiger charge is 2.40. The van der Waals surface area contributed by atoms with Crippen LogP contribution >= 0.6 is 0 Å². The standard InChI is InChI=1S/C33H22BN7/c1-3-13-23(14-4-1)34-40(24-15-5-2-6-16-24)32-36-26-18-8-11-21-29(26)38(32)31-35-25-17-7-10-20-28(25)39(31)33-37-27-19-9-12-22-30(27)41(33)34/h1-22H. The van der Waals surface area contributed by atoms with Gasteiger partial charge in [-0.25, -0.2) is 24.1 Å². The molecule has 0 saturated carbocycles. The van der Waals surface area contributed by atoms with Crippen LogP contribution in [-0.4, -0.2) is 35.5 Å². The first-order valence-electron chi connectivity index (χ1n) is 13.7. The fraction of sp³-hybridized carbons (Fsp3) is 0. The lowest BCUT2D eigenvalue weighted by Crippen LogP contribution is -2.54. The van der Waals surface area contributed by atoms with E-state index in [1.165, 1.54) is 0 Å². The number of aromatic nitrogens is 6. The number of rotatable bonds is 2. The number of hydrogen-bond acceptors (Lipinski definition) is 4. The fourth-order valence-corrected chi connectivity index (χ4v) is 6.16. The van der Waals surface area contributed by atoms with Gasteiger partial charge in [-0.1, -0.05) is 84.9 Å². The molecule has 9 rings (SSSR count). The van der Waals surface area contributed by atoms with Crippen LogP contribution in [0.1, 0.15) is 0 Å². The third-order valence-corrected chi connectivity index (χ3v) is 7.90. The third kappa shape index (κ3) is 3.13. The second-order valence-corrected chi connectivity index (χ2v) is 10.2. The summed E-state index contributed by atoms with van der Waals surface area (Å²) >= 11 is 0. The number of anilines is 2. The molecule has 0 aliphatic carbocycles. The van der Waals surface area contributed by atoms with E-state index < -0.39 is 0 Å². The van der Waals surface area contributed by atoms with E-state index >= 15 is 0 Å². The summed E-state index contributed by atoms with van der Waals surface area (Å²) in [5.41, 5.74) is 7.86. The number of fused-ring (bicyclic) bond motifs is 11. The molecule has 1 aliphatic heterocycles. The molecule has 8 heteroatoms. The Kier molecular flexibility index (Phi) is 4.57. The largest absolute Gasteiger partial charge is 0.425 e. The van der Waals surface area contributed by atoms with E-state index in [9.17, 15) is 0 Å². The average Bonchev–Trinajstić information content (AvgIpc) is 3.70. The maximum atomic E-state index is 5.30. The Morgan fingerprint density at radius 3 is 1.54 bits per heavy atom. The summed E-state index contributed by atoms with van der Waals surface area (Å²) in [5.74, 6) is 2.33. The number of hydrogen-bond donors (Lipinski definition) is 0. The fourth-order valence-electron chi connectivity index (χ4n) is 6.16. The van der Waals surface area contributed by atoms with Crippen molar-refractivity contribution >= 4 is 57.2 Å². The first-order valence-corrected chi connectivity index (χ1v) is 13.7. The van der Waals surface area contributed by atoms with Crippen LogP contribution in [0.5, 0.6) is 0 Å². The van der Waals surface area contributed by atoms with Crippen LogP contribution in [0.2, 0.25) is 0 Å². The van der Waals surface area contributed by atoms with Crippen molar-refractivity contribution in [3.8, 4) is 11.9 Å². The van der Waals surface area contributed by atoms with E-state index in [1.54, 1.807) is 0 Å². The van der Waals surface area contributed by atoms with Crippen LogP contribution in [0.4, 0.5) is 11.6 Å². The minimum atomic E-state index is -0.300. The van der Waals surface area contributed by atoms with E-state index in [-0.39, 0.29) is 6.98 Å². The molecule has 0 bridgehead atoms. The molecule has 41 heavy (non-hydrogen) atoms. The van der Waals surface area contributed by atoms with Gasteiger partial charge in [-0.2, -0.15) is 0 Å². The lowest BCUT2D eigenvalue weighted by atomic mass is 9.64. The van der Waals surface area contributed by atoms with E-state index in [0.29, 0.717) is 0 Å². The summed E-state index contributed by atoms with van der Waals surface area (Å²) in [5, 5.41) is 0.